The summed E-state index contributed by atoms with van der Waals surface area (Å²) < 4.78 is 31.9. The van der Waals surface area contributed by atoms with Gasteiger partial charge >= 0.3 is 0 Å². The summed E-state index contributed by atoms with van der Waals surface area (Å²) >= 11 is 4.01. The van der Waals surface area contributed by atoms with Crippen molar-refractivity contribution in [1.29, 1.82) is 0 Å². The quantitative estimate of drug-likeness (QED) is 0.667. The van der Waals surface area contributed by atoms with Gasteiger partial charge in [-0.1, -0.05) is 18.6 Å². The molecule has 6 heteroatoms. The fourth-order valence-corrected chi connectivity index (χ4v) is 7.01. The second-order valence-corrected chi connectivity index (χ2v) is 9.43. The van der Waals surface area contributed by atoms with Gasteiger partial charge in [-0.05, 0) is 56.8 Å². The lowest BCUT2D eigenvalue weighted by Crippen LogP contribution is -2.68. The van der Waals surface area contributed by atoms with E-state index in [0.717, 1.165) is 5.57 Å². The average molecular weight is 394 g/mol. The molecule has 146 valence electrons. The maximum atomic E-state index is 16.8. The van der Waals surface area contributed by atoms with E-state index < -0.39 is 34.7 Å². The molecule has 0 saturated heterocycles. The number of ketones is 1. The van der Waals surface area contributed by atoms with Crippen LogP contribution < -0.4 is 0 Å². The Kier molecular flexibility index (Phi) is 3.98. The minimum absolute atomic E-state index is 0.0747. The van der Waals surface area contributed by atoms with Crippen LogP contribution in [-0.4, -0.2) is 33.9 Å². The van der Waals surface area contributed by atoms with Gasteiger partial charge in [0.05, 0.1) is 6.10 Å². The number of aliphatic hydroxyl groups is 1. The van der Waals surface area contributed by atoms with E-state index in [1.165, 1.54) is 18.2 Å². The van der Waals surface area contributed by atoms with E-state index in [-0.39, 0.29) is 35.2 Å². The van der Waals surface area contributed by atoms with E-state index in [4.69, 9.17) is 0 Å². The predicted molar refractivity (Wildman–Crippen MR) is 101 cm³/mol. The molecule has 2 unspecified atom stereocenters. The molecule has 0 aliphatic heterocycles. The summed E-state index contributed by atoms with van der Waals surface area (Å²) in [4.78, 5) is 23.9. The Morgan fingerprint density at radius 2 is 2.00 bits per heavy atom. The number of aliphatic hydroxyl groups excluding tert-OH is 1. The van der Waals surface area contributed by atoms with Crippen LogP contribution in [0, 0.1) is 22.7 Å². The lowest BCUT2D eigenvalue weighted by Gasteiger charge is -2.62. The second kappa shape index (κ2) is 5.63. The van der Waals surface area contributed by atoms with E-state index in [2.05, 4.69) is 12.6 Å². The number of carbonyl (C=O) groups excluding carboxylic acids is 2. The van der Waals surface area contributed by atoms with Gasteiger partial charge in [-0.25, -0.2) is 8.78 Å². The fraction of sp³-hybridized carbons (Fsp3) is 0.619. The summed E-state index contributed by atoms with van der Waals surface area (Å²) in [6.07, 6.45) is 1.51. The summed E-state index contributed by atoms with van der Waals surface area (Å²) in [7, 11) is 0. The third-order valence-corrected chi connectivity index (χ3v) is 7.98. The number of rotatable bonds is 1. The molecule has 0 spiro atoms. The molecule has 0 aromatic carbocycles. The summed E-state index contributed by atoms with van der Waals surface area (Å²) in [5.74, 6) is -1.41. The molecule has 27 heavy (non-hydrogen) atoms. The molecule has 4 rings (SSSR count). The van der Waals surface area contributed by atoms with Gasteiger partial charge in [-0.15, -0.1) is 12.6 Å². The summed E-state index contributed by atoms with van der Waals surface area (Å²) in [6, 6.07) is 0. The van der Waals surface area contributed by atoms with Crippen molar-refractivity contribution in [1.82, 2.24) is 0 Å². The van der Waals surface area contributed by atoms with Crippen LogP contribution in [0.15, 0.2) is 34.9 Å². The minimum Gasteiger partial charge on any atom is -0.390 e. The first-order valence-corrected chi connectivity index (χ1v) is 9.81. The zero-order chi connectivity index (χ0) is 19.9. The maximum Gasteiger partial charge on any atom is 0.212 e. The third-order valence-electron chi connectivity index (χ3n) is 7.76. The lowest BCUT2D eigenvalue weighted by atomic mass is 9.45. The fourth-order valence-electron chi connectivity index (χ4n) is 6.56. The van der Waals surface area contributed by atoms with Crippen LogP contribution in [0.5, 0.6) is 0 Å². The minimum atomic E-state index is -2.10. The number of thiol groups is 1. The van der Waals surface area contributed by atoms with Gasteiger partial charge in [0.1, 0.15) is 6.17 Å². The van der Waals surface area contributed by atoms with Crippen LogP contribution in [0.4, 0.5) is 8.78 Å². The highest BCUT2D eigenvalue weighted by atomic mass is 32.1. The number of halogens is 2. The highest BCUT2D eigenvalue weighted by Crippen LogP contribution is 2.69. The van der Waals surface area contributed by atoms with E-state index in [9.17, 15) is 14.7 Å². The van der Waals surface area contributed by atoms with Crippen LogP contribution in [0.1, 0.15) is 40.0 Å². The topological polar surface area (TPSA) is 54.4 Å². The van der Waals surface area contributed by atoms with E-state index in [1.807, 2.05) is 13.8 Å². The van der Waals surface area contributed by atoms with Crippen molar-refractivity contribution < 1.29 is 23.5 Å². The van der Waals surface area contributed by atoms with Crippen molar-refractivity contribution in [3.8, 4) is 0 Å². The molecule has 4 aliphatic rings. The van der Waals surface area contributed by atoms with E-state index in [0.29, 0.717) is 12.0 Å². The largest absolute Gasteiger partial charge is 0.390 e. The predicted octanol–water partition coefficient (Wildman–Crippen LogP) is 3.69. The number of allylic oxidation sites excluding steroid dienone is 5. The van der Waals surface area contributed by atoms with Crippen LogP contribution in [0.2, 0.25) is 0 Å². The van der Waals surface area contributed by atoms with Crippen molar-refractivity contribution >= 4 is 23.5 Å². The third kappa shape index (κ3) is 2.17. The first-order chi connectivity index (χ1) is 12.5. The monoisotopic (exact) mass is 394 g/mol. The molecule has 1 N–H and O–H groups in total. The Hall–Kier alpha value is -1.27. The highest BCUT2D eigenvalue weighted by Gasteiger charge is 2.71. The standard InChI is InChI=1S/C21H24F2O3S/c1-10-6-12-13-8-15(22)14-7-11(24)4-5-20(14,3)21(13,23)16(25)9-19(12,2)17(10)18(26)27/h4-5,7,12-13,15-16,25H,6,8-9H2,1-3H3,(H,26,27)/t12?,13?,15-,16-,19-,20-,21-/m0/s1. The SMILES string of the molecule is CC1=C(C(=O)S)[C@@]2(C)C[C@H](O)[C@@]3(F)C(C[C@H](F)C4=CC(=O)C=C[C@@]43C)C2C1. The second-order valence-electron chi connectivity index (χ2n) is 9.02. The molecule has 3 nitrogen and oxygen atoms in total. The number of carbonyl (C=O) groups is 2. The maximum absolute atomic E-state index is 16.8. The Labute approximate surface area is 163 Å². The van der Waals surface area contributed by atoms with E-state index in [1.54, 1.807) is 6.92 Å². The molecule has 0 aromatic rings. The first kappa shape index (κ1) is 19.1. The van der Waals surface area contributed by atoms with Gasteiger partial charge in [0, 0.05) is 22.3 Å². The molecule has 7 atom stereocenters. The molecule has 2 saturated carbocycles. The Bertz CT molecular complexity index is 846. The Morgan fingerprint density at radius 3 is 2.63 bits per heavy atom. The zero-order valence-electron chi connectivity index (χ0n) is 15.6. The van der Waals surface area contributed by atoms with Gasteiger partial charge in [0.15, 0.2) is 11.5 Å². The van der Waals surface area contributed by atoms with Crippen LogP contribution in [0.3, 0.4) is 0 Å². The van der Waals surface area contributed by atoms with Gasteiger partial charge in [-0.3, -0.25) is 9.59 Å². The number of fused-ring (bicyclic) bond motifs is 5. The van der Waals surface area contributed by atoms with Crippen molar-refractivity contribution in [3.63, 3.8) is 0 Å². The Morgan fingerprint density at radius 1 is 1.33 bits per heavy atom. The average Bonchev–Trinajstić information content (AvgIpc) is 2.82. The van der Waals surface area contributed by atoms with Crippen molar-refractivity contribution in [2.24, 2.45) is 22.7 Å². The van der Waals surface area contributed by atoms with Gasteiger partial charge in [-0.2, -0.15) is 0 Å². The van der Waals surface area contributed by atoms with Gasteiger partial charge < -0.3 is 5.11 Å². The number of hydrogen-bond acceptors (Lipinski definition) is 3. The molecular weight excluding hydrogens is 370 g/mol. The zero-order valence-corrected chi connectivity index (χ0v) is 16.5. The number of alkyl halides is 2. The normalized spacial score (nSPS) is 48.7. The molecule has 0 aromatic heterocycles. The van der Waals surface area contributed by atoms with Crippen LogP contribution >= 0.6 is 12.6 Å². The number of hydrogen-bond donors (Lipinski definition) is 2. The highest BCUT2D eigenvalue weighted by molar-refractivity contribution is 7.97. The first-order valence-electron chi connectivity index (χ1n) is 9.36. The smallest absolute Gasteiger partial charge is 0.212 e. The van der Waals surface area contributed by atoms with Crippen molar-refractivity contribution in [2.75, 3.05) is 0 Å². The molecular formula is C21H24F2O3S. The summed E-state index contributed by atoms with van der Waals surface area (Å²) in [5.41, 5.74) is -2.72. The molecule has 0 heterocycles. The van der Waals surface area contributed by atoms with Gasteiger partial charge in [0.25, 0.3) is 0 Å². The summed E-state index contributed by atoms with van der Waals surface area (Å²) in [6.45, 7) is 5.27. The lowest BCUT2D eigenvalue weighted by molar-refractivity contribution is -0.192. The molecule has 0 radical (unpaired) electrons. The van der Waals surface area contributed by atoms with Crippen molar-refractivity contribution in [2.45, 2.75) is 58.0 Å². The molecule has 4 aliphatic carbocycles. The molecule has 2 fully saturated rings. The Balaban J connectivity index is 1.87. The van der Waals surface area contributed by atoms with E-state index >= 15 is 8.78 Å². The van der Waals surface area contributed by atoms with Gasteiger partial charge in [0.2, 0.25) is 5.12 Å². The molecule has 0 amide bonds. The van der Waals surface area contributed by atoms with Crippen molar-refractivity contribution in [3.05, 3.63) is 34.9 Å². The summed E-state index contributed by atoms with van der Waals surface area (Å²) in [5, 5.41) is 10.7. The van der Waals surface area contributed by atoms with Crippen LogP contribution in [0.25, 0.3) is 0 Å². The molecule has 0 bridgehead atoms. The van der Waals surface area contributed by atoms with Crippen LogP contribution in [-0.2, 0) is 9.59 Å².